The molecule has 0 aliphatic carbocycles. The largest absolute Gasteiger partial charge is 0.360 e. The Morgan fingerprint density at radius 3 is 2.67 bits per heavy atom. The van der Waals surface area contributed by atoms with Gasteiger partial charge in [-0.05, 0) is 24.3 Å². The topological polar surface area (TPSA) is 41.9 Å². The van der Waals surface area contributed by atoms with Crippen LogP contribution in [0.25, 0.3) is 0 Å². The first-order valence-electron chi connectivity index (χ1n) is 4.43. The van der Waals surface area contributed by atoms with Gasteiger partial charge in [0.15, 0.2) is 6.67 Å². The van der Waals surface area contributed by atoms with Crippen LogP contribution in [-0.2, 0) is 4.84 Å². The number of rotatable bonds is 1. The summed E-state index contributed by atoms with van der Waals surface area (Å²) in [5.74, 6) is 0.282. The van der Waals surface area contributed by atoms with Crippen LogP contribution in [0, 0.1) is 0 Å². The Morgan fingerprint density at radius 2 is 2.13 bits per heavy atom. The van der Waals surface area contributed by atoms with E-state index in [0.717, 1.165) is 0 Å². The fraction of sp³-hybridized carbons (Fsp3) is 0.200. The Kier molecular flexibility index (Phi) is 2.60. The van der Waals surface area contributed by atoms with E-state index in [2.05, 4.69) is 4.99 Å². The second kappa shape index (κ2) is 3.90. The van der Waals surface area contributed by atoms with Crippen LogP contribution < -0.4 is 0 Å². The van der Waals surface area contributed by atoms with Crippen molar-refractivity contribution in [1.29, 1.82) is 0 Å². The van der Waals surface area contributed by atoms with Gasteiger partial charge in [0.25, 0.3) is 5.91 Å². The number of hydrogen-bond acceptors (Lipinski definition) is 3. The standard InChI is InChI=1S/C10H9ClN2O2/c1-7-12-6-13(15-7)10(14)8-2-4-9(11)5-3-8/h2-5H,6H2,1H3. The highest BCUT2D eigenvalue weighted by Gasteiger charge is 2.21. The van der Waals surface area contributed by atoms with Gasteiger partial charge in [-0.15, -0.1) is 5.06 Å². The smallest absolute Gasteiger partial charge is 0.288 e. The summed E-state index contributed by atoms with van der Waals surface area (Å²) in [5, 5.41) is 1.81. The molecular formula is C10H9ClN2O2. The zero-order valence-electron chi connectivity index (χ0n) is 8.11. The first-order valence-corrected chi connectivity index (χ1v) is 4.81. The third kappa shape index (κ3) is 2.10. The molecule has 0 atom stereocenters. The van der Waals surface area contributed by atoms with Crippen LogP contribution in [0.3, 0.4) is 0 Å². The summed E-state index contributed by atoms with van der Waals surface area (Å²) in [6.45, 7) is 1.95. The number of carbonyl (C=O) groups is 1. The van der Waals surface area contributed by atoms with Gasteiger partial charge < -0.3 is 4.84 Å². The third-order valence-electron chi connectivity index (χ3n) is 1.98. The van der Waals surface area contributed by atoms with E-state index in [-0.39, 0.29) is 12.6 Å². The average molecular weight is 225 g/mol. The molecule has 0 saturated carbocycles. The van der Waals surface area contributed by atoms with E-state index in [9.17, 15) is 4.79 Å². The fourth-order valence-corrected chi connectivity index (χ4v) is 1.35. The van der Waals surface area contributed by atoms with E-state index in [1.807, 2.05) is 0 Å². The molecule has 0 N–H and O–H groups in total. The predicted octanol–water partition coefficient (Wildman–Crippen LogP) is 2.10. The van der Waals surface area contributed by atoms with Crippen molar-refractivity contribution in [3.63, 3.8) is 0 Å². The van der Waals surface area contributed by atoms with E-state index in [4.69, 9.17) is 16.4 Å². The molecule has 0 bridgehead atoms. The van der Waals surface area contributed by atoms with Crippen LogP contribution in [0.4, 0.5) is 0 Å². The van der Waals surface area contributed by atoms with E-state index < -0.39 is 0 Å². The molecule has 4 nitrogen and oxygen atoms in total. The van der Waals surface area contributed by atoms with Crippen LogP contribution in [0.15, 0.2) is 29.3 Å². The van der Waals surface area contributed by atoms with Crippen molar-refractivity contribution in [3.05, 3.63) is 34.9 Å². The number of halogens is 1. The van der Waals surface area contributed by atoms with Gasteiger partial charge in [-0.1, -0.05) is 11.6 Å². The van der Waals surface area contributed by atoms with Crippen molar-refractivity contribution in [1.82, 2.24) is 5.06 Å². The SMILES string of the molecule is CC1=NCN(C(=O)c2ccc(Cl)cc2)O1. The lowest BCUT2D eigenvalue weighted by atomic mass is 10.2. The maximum absolute atomic E-state index is 11.8. The van der Waals surface area contributed by atoms with Gasteiger partial charge in [-0.25, -0.2) is 4.99 Å². The summed E-state index contributed by atoms with van der Waals surface area (Å²) in [5.41, 5.74) is 0.532. The van der Waals surface area contributed by atoms with Crippen molar-refractivity contribution in [2.24, 2.45) is 4.99 Å². The van der Waals surface area contributed by atoms with Crippen LogP contribution in [-0.4, -0.2) is 23.5 Å². The van der Waals surface area contributed by atoms with Crippen LogP contribution in [0.1, 0.15) is 17.3 Å². The maximum atomic E-state index is 11.8. The minimum atomic E-state index is -0.215. The van der Waals surface area contributed by atoms with Crippen LogP contribution in [0.5, 0.6) is 0 Å². The normalized spacial score (nSPS) is 14.8. The third-order valence-corrected chi connectivity index (χ3v) is 2.23. The molecule has 15 heavy (non-hydrogen) atoms. The Hall–Kier alpha value is -1.55. The molecule has 1 heterocycles. The molecule has 1 aliphatic rings. The fourth-order valence-electron chi connectivity index (χ4n) is 1.22. The summed E-state index contributed by atoms with van der Waals surface area (Å²) >= 11 is 5.72. The summed E-state index contributed by atoms with van der Waals surface area (Å²) in [6.07, 6.45) is 0. The number of amides is 1. The summed E-state index contributed by atoms with van der Waals surface area (Å²) in [6, 6.07) is 6.64. The molecule has 5 heteroatoms. The molecule has 0 aromatic heterocycles. The van der Waals surface area contributed by atoms with Gasteiger partial charge in [0.1, 0.15) is 0 Å². The van der Waals surface area contributed by atoms with Crippen LogP contribution in [0.2, 0.25) is 5.02 Å². The first kappa shape index (κ1) is 9.98. The lowest BCUT2D eigenvalue weighted by Crippen LogP contribution is -2.28. The van der Waals surface area contributed by atoms with Gasteiger partial charge in [0.05, 0.1) is 0 Å². The molecule has 0 spiro atoms. The Balaban J connectivity index is 2.12. The Bertz CT molecular complexity index is 414. The first-order chi connectivity index (χ1) is 7.16. The van der Waals surface area contributed by atoms with E-state index in [1.54, 1.807) is 31.2 Å². The molecular weight excluding hydrogens is 216 g/mol. The van der Waals surface area contributed by atoms with Crippen molar-refractivity contribution >= 4 is 23.4 Å². The molecule has 1 amide bonds. The molecule has 0 radical (unpaired) electrons. The maximum Gasteiger partial charge on any atom is 0.288 e. The van der Waals surface area contributed by atoms with Crippen molar-refractivity contribution in [2.45, 2.75) is 6.92 Å². The lowest BCUT2D eigenvalue weighted by molar-refractivity contribution is -0.0260. The Morgan fingerprint density at radius 1 is 1.47 bits per heavy atom. The lowest BCUT2D eigenvalue weighted by Gasteiger charge is -2.13. The molecule has 0 saturated heterocycles. The van der Waals surface area contributed by atoms with Crippen molar-refractivity contribution < 1.29 is 9.63 Å². The van der Waals surface area contributed by atoms with Gasteiger partial charge in [0.2, 0.25) is 5.90 Å². The van der Waals surface area contributed by atoms with Gasteiger partial charge in [-0.2, -0.15) is 0 Å². The van der Waals surface area contributed by atoms with Gasteiger partial charge >= 0.3 is 0 Å². The highest BCUT2D eigenvalue weighted by molar-refractivity contribution is 6.30. The van der Waals surface area contributed by atoms with E-state index >= 15 is 0 Å². The van der Waals surface area contributed by atoms with Gasteiger partial charge in [0, 0.05) is 17.5 Å². The molecule has 78 valence electrons. The molecule has 2 rings (SSSR count). The highest BCUT2D eigenvalue weighted by atomic mass is 35.5. The van der Waals surface area contributed by atoms with Gasteiger partial charge in [-0.3, -0.25) is 4.79 Å². The number of aliphatic imine (C=N–C) groups is 1. The number of hydrogen-bond donors (Lipinski definition) is 0. The minimum absolute atomic E-state index is 0.215. The zero-order valence-corrected chi connectivity index (χ0v) is 8.86. The monoisotopic (exact) mass is 224 g/mol. The summed E-state index contributed by atoms with van der Waals surface area (Å²) in [4.78, 5) is 20.9. The number of nitrogens with zero attached hydrogens (tertiary/aromatic N) is 2. The van der Waals surface area contributed by atoms with Crippen molar-refractivity contribution in [3.8, 4) is 0 Å². The van der Waals surface area contributed by atoms with E-state index in [0.29, 0.717) is 16.5 Å². The highest BCUT2D eigenvalue weighted by Crippen LogP contribution is 2.13. The number of hydroxylamine groups is 2. The number of benzene rings is 1. The van der Waals surface area contributed by atoms with Crippen molar-refractivity contribution in [2.75, 3.05) is 6.67 Å². The number of carbonyl (C=O) groups excluding carboxylic acids is 1. The average Bonchev–Trinajstić information content (AvgIpc) is 2.65. The molecule has 0 unspecified atom stereocenters. The zero-order chi connectivity index (χ0) is 10.8. The van der Waals surface area contributed by atoms with Crippen LogP contribution >= 0.6 is 11.6 Å². The van der Waals surface area contributed by atoms with E-state index in [1.165, 1.54) is 5.06 Å². The second-order valence-electron chi connectivity index (χ2n) is 3.10. The quantitative estimate of drug-likeness (QED) is 0.733. The molecule has 0 fully saturated rings. The predicted molar refractivity (Wildman–Crippen MR) is 56.7 cm³/mol. The minimum Gasteiger partial charge on any atom is -0.360 e. The summed E-state index contributed by atoms with van der Waals surface area (Å²) < 4.78 is 0. The molecule has 1 aromatic carbocycles. The molecule has 1 aromatic rings. The summed E-state index contributed by atoms with van der Waals surface area (Å²) in [7, 11) is 0. The molecule has 1 aliphatic heterocycles. The Labute approximate surface area is 92.1 Å². The second-order valence-corrected chi connectivity index (χ2v) is 3.54.